The van der Waals surface area contributed by atoms with Gasteiger partial charge in [-0.2, -0.15) is 13.2 Å². The largest absolute Gasteiger partial charge is 0.449 e. The number of imidazole rings is 1. The van der Waals surface area contributed by atoms with Crippen LogP contribution in [0.1, 0.15) is 25.6 Å². The second-order valence-electron chi connectivity index (χ2n) is 6.78. The third-order valence-electron chi connectivity index (χ3n) is 5.00. The van der Waals surface area contributed by atoms with Gasteiger partial charge in [0, 0.05) is 25.3 Å². The fraction of sp³-hybridized carbons (Fsp3) is 0.500. The van der Waals surface area contributed by atoms with E-state index in [0.29, 0.717) is 6.54 Å². The van der Waals surface area contributed by atoms with Crippen molar-refractivity contribution in [1.82, 2.24) is 19.8 Å². The Hall–Kier alpha value is -2.62. The first-order valence-electron chi connectivity index (χ1n) is 9.07. The van der Waals surface area contributed by atoms with Gasteiger partial charge in [-0.15, -0.1) is 0 Å². The zero-order chi connectivity index (χ0) is 20.5. The molecule has 0 saturated carbocycles. The molecule has 7 nitrogen and oxygen atoms in total. The topological polar surface area (TPSA) is 79.3 Å². The van der Waals surface area contributed by atoms with Gasteiger partial charge in [0.25, 0.3) is 0 Å². The number of carbonyl (C=O) groups excluding carboxylic acids is 2. The minimum Gasteiger partial charge on any atom is -0.346 e. The van der Waals surface area contributed by atoms with Gasteiger partial charge in [-0.3, -0.25) is 14.5 Å². The number of carbonyl (C=O) groups is 2. The van der Waals surface area contributed by atoms with Crippen molar-refractivity contribution < 1.29 is 22.8 Å². The zero-order valence-electron chi connectivity index (χ0n) is 15.6. The maximum absolute atomic E-state index is 13.0. The van der Waals surface area contributed by atoms with E-state index in [1.807, 2.05) is 6.92 Å². The molecule has 1 atom stereocenters. The number of anilines is 1. The van der Waals surface area contributed by atoms with E-state index in [2.05, 4.69) is 20.5 Å². The van der Waals surface area contributed by atoms with E-state index in [9.17, 15) is 22.8 Å². The summed E-state index contributed by atoms with van der Waals surface area (Å²) < 4.78 is 39.8. The highest BCUT2D eigenvalue weighted by molar-refractivity contribution is 6.39. The van der Waals surface area contributed by atoms with Crippen LogP contribution >= 0.6 is 0 Å². The normalized spacial score (nSPS) is 17.8. The fourth-order valence-corrected chi connectivity index (χ4v) is 3.55. The molecule has 10 heteroatoms. The summed E-state index contributed by atoms with van der Waals surface area (Å²) in [6.45, 7) is 4.29. The van der Waals surface area contributed by atoms with Crippen LogP contribution in [0.5, 0.6) is 0 Å². The predicted molar refractivity (Wildman–Crippen MR) is 97.6 cm³/mol. The Morgan fingerprint density at radius 2 is 2.04 bits per heavy atom. The number of benzene rings is 1. The summed E-state index contributed by atoms with van der Waals surface area (Å²) in [5.41, 5.74) is 0.559. The Kier molecular flexibility index (Phi) is 5.59. The molecular weight excluding hydrogens is 375 g/mol. The van der Waals surface area contributed by atoms with Crippen molar-refractivity contribution in [2.45, 2.75) is 32.0 Å². The van der Waals surface area contributed by atoms with Crippen LogP contribution in [0.25, 0.3) is 11.0 Å². The number of hydrogen-bond donors (Lipinski definition) is 2. The molecule has 2 N–H and O–H groups in total. The number of nitrogens with zero attached hydrogens (tertiary/aromatic N) is 3. The molecule has 1 fully saturated rings. The highest BCUT2D eigenvalue weighted by Crippen LogP contribution is 2.31. The van der Waals surface area contributed by atoms with Gasteiger partial charge >= 0.3 is 18.0 Å². The number of aromatic nitrogens is 2. The zero-order valence-corrected chi connectivity index (χ0v) is 15.6. The number of hydrogen-bond acceptors (Lipinski definition) is 4. The van der Waals surface area contributed by atoms with Crippen LogP contribution in [-0.4, -0.2) is 51.9 Å². The van der Waals surface area contributed by atoms with Gasteiger partial charge in [-0.1, -0.05) is 6.92 Å². The first kappa shape index (κ1) is 20.1. The van der Waals surface area contributed by atoms with Crippen LogP contribution in [-0.2, 0) is 22.8 Å². The van der Waals surface area contributed by atoms with Crippen molar-refractivity contribution >= 4 is 28.5 Å². The van der Waals surface area contributed by atoms with Crippen LogP contribution < -0.4 is 10.6 Å². The minimum absolute atomic E-state index is 0.0811. The predicted octanol–water partition coefficient (Wildman–Crippen LogP) is 2.13. The number of fused-ring (bicyclic) bond motifs is 1. The van der Waals surface area contributed by atoms with Crippen molar-refractivity contribution in [2.24, 2.45) is 7.05 Å². The van der Waals surface area contributed by atoms with Gasteiger partial charge in [-0.25, -0.2) is 4.98 Å². The van der Waals surface area contributed by atoms with E-state index in [1.54, 1.807) is 0 Å². The fourth-order valence-electron chi connectivity index (χ4n) is 3.55. The lowest BCUT2D eigenvalue weighted by molar-refractivity contribution is -0.146. The maximum atomic E-state index is 13.0. The highest BCUT2D eigenvalue weighted by Gasteiger charge is 2.36. The van der Waals surface area contributed by atoms with Gasteiger partial charge in [0.05, 0.1) is 11.0 Å². The van der Waals surface area contributed by atoms with Crippen LogP contribution in [0, 0.1) is 0 Å². The smallest absolute Gasteiger partial charge is 0.346 e. The molecule has 152 valence electrons. The van der Waals surface area contributed by atoms with Gasteiger partial charge in [-0.05, 0) is 44.1 Å². The standard InChI is InChI=1S/C18H22F3N5O2/c1-3-26-8-4-5-12(26)10-22-15(27)16(28)23-11-6-7-14-13(9-11)24-17(25(14)2)18(19,20)21/h6-7,9,12H,3-5,8,10H2,1-2H3,(H,22,27)(H,23,28). The van der Waals surface area contributed by atoms with Gasteiger partial charge in [0.2, 0.25) is 5.82 Å². The highest BCUT2D eigenvalue weighted by atomic mass is 19.4. The summed E-state index contributed by atoms with van der Waals surface area (Å²) in [6, 6.07) is 4.38. The van der Waals surface area contributed by atoms with E-state index in [4.69, 9.17) is 0 Å². The lowest BCUT2D eigenvalue weighted by atomic mass is 10.2. The number of likely N-dealkylation sites (tertiary alicyclic amines) is 1. The van der Waals surface area contributed by atoms with Gasteiger partial charge < -0.3 is 15.2 Å². The van der Waals surface area contributed by atoms with Gasteiger partial charge in [0.15, 0.2) is 0 Å². The Labute approximate surface area is 159 Å². The number of halogens is 3. The van der Waals surface area contributed by atoms with Crippen LogP contribution in [0.15, 0.2) is 18.2 Å². The molecule has 1 aromatic heterocycles. The molecule has 1 aromatic carbocycles. The monoisotopic (exact) mass is 397 g/mol. The van der Waals surface area contributed by atoms with E-state index in [0.717, 1.165) is 30.5 Å². The second-order valence-corrected chi connectivity index (χ2v) is 6.78. The Morgan fingerprint density at radius 1 is 1.29 bits per heavy atom. The quantitative estimate of drug-likeness (QED) is 0.775. The van der Waals surface area contributed by atoms with Crippen molar-refractivity contribution in [1.29, 1.82) is 0 Å². The molecule has 0 spiro atoms. The first-order valence-corrected chi connectivity index (χ1v) is 9.07. The van der Waals surface area contributed by atoms with Crippen molar-refractivity contribution in [3.8, 4) is 0 Å². The summed E-state index contributed by atoms with van der Waals surface area (Å²) >= 11 is 0. The number of alkyl halides is 3. The van der Waals surface area contributed by atoms with Crippen LogP contribution in [0.2, 0.25) is 0 Å². The van der Waals surface area contributed by atoms with E-state index >= 15 is 0 Å². The van der Waals surface area contributed by atoms with E-state index < -0.39 is 23.8 Å². The number of rotatable bonds is 4. The Morgan fingerprint density at radius 3 is 2.71 bits per heavy atom. The lowest BCUT2D eigenvalue weighted by Crippen LogP contribution is -2.43. The first-order chi connectivity index (χ1) is 13.2. The Balaban J connectivity index is 1.65. The minimum atomic E-state index is -4.58. The molecule has 1 aliphatic rings. The molecule has 0 radical (unpaired) electrons. The average molecular weight is 397 g/mol. The summed E-state index contributed by atoms with van der Waals surface area (Å²) in [5.74, 6) is -2.67. The molecule has 1 saturated heterocycles. The molecule has 1 unspecified atom stereocenters. The Bertz CT molecular complexity index is 893. The molecule has 1 aliphatic heterocycles. The molecule has 0 bridgehead atoms. The summed E-state index contributed by atoms with van der Waals surface area (Å²) in [5, 5.41) is 5.02. The molecule has 2 aromatic rings. The van der Waals surface area contributed by atoms with E-state index in [1.165, 1.54) is 25.2 Å². The molecule has 2 amide bonds. The summed E-state index contributed by atoms with van der Waals surface area (Å²) in [6.07, 6.45) is -2.55. The third-order valence-corrected chi connectivity index (χ3v) is 5.00. The molecule has 3 rings (SSSR count). The number of likely N-dealkylation sites (N-methyl/N-ethyl adjacent to an activating group) is 1. The molecule has 0 aliphatic carbocycles. The molecule has 2 heterocycles. The van der Waals surface area contributed by atoms with Crippen LogP contribution in [0.3, 0.4) is 0 Å². The van der Waals surface area contributed by atoms with Gasteiger partial charge in [0.1, 0.15) is 0 Å². The molecule has 28 heavy (non-hydrogen) atoms. The van der Waals surface area contributed by atoms with Crippen LogP contribution in [0.4, 0.5) is 18.9 Å². The summed E-state index contributed by atoms with van der Waals surface area (Å²) in [4.78, 5) is 30.0. The lowest BCUT2D eigenvalue weighted by Gasteiger charge is -2.22. The van der Waals surface area contributed by atoms with Crippen molar-refractivity contribution in [2.75, 3.05) is 25.0 Å². The van der Waals surface area contributed by atoms with Crippen molar-refractivity contribution in [3.05, 3.63) is 24.0 Å². The maximum Gasteiger partial charge on any atom is 0.449 e. The number of aryl methyl sites for hydroxylation is 1. The summed E-state index contributed by atoms with van der Waals surface area (Å²) in [7, 11) is 1.27. The second kappa shape index (κ2) is 7.78. The van der Waals surface area contributed by atoms with Crippen molar-refractivity contribution in [3.63, 3.8) is 0 Å². The van der Waals surface area contributed by atoms with E-state index in [-0.39, 0.29) is 22.8 Å². The number of amides is 2. The third kappa shape index (κ3) is 4.11. The molecular formula is C18H22F3N5O2. The average Bonchev–Trinajstić information content (AvgIpc) is 3.23. The number of nitrogens with one attached hydrogen (secondary N) is 2. The SMILES string of the molecule is CCN1CCCC1CNC(=O)C(=O)Nc1ccc2c(c1)nc(C(F)(F)F)n2C.